The van der Waals surface area contributed by atoms with Crippen molar-refractivity contribution in [2.75, 3.05) is 5.32 Å². The zero-order chi connectivity index (χ0) is 12.8. The summed E-state index contributed by atoms with van der Waals surface area (Å²) in [4.78, 5) is 11.1. The van der Waals surface area contributed by atoms with E-state index >= 15 is 0 Å². The Bertz CT molecular complexity index is 430. The number of para-hydroxylation sites is 1. The number of anilines is 1. The maximum Gasteiger partial charge on any atom is 0.221 e. The minimum absolute atomic E-state index is 0.0199. The summed E-state index contributed by atoms with van der Waals surface area (Å²) in [5.41, 5.74) is 2.00. The molecule has 0 saturated heterocycles. The first-order valence-electron chi connectivity index (χ1n) is 6.80. The van der Waals surface area contributed by atoms with Crippen molar-refractivity contribution in [3.05, 3.63) is 35.9 Å². The second-order valence-electron chi connectivity index (χ2n) is 5.03. The Morgan fingerprint density at radius 2 is 1.94 bits per heavy atom. The molecular formula is C16H21NO. The van der Waals surface area contributed by atoms with Crippen LogP contribution < -0.4 is 5.32 Å². The highest BCUT2D eigenvalue weighted by Crippen LogP contribution is 2.26. The molecule has 18 heavy (non-hydrogen) atoms. The van der Waals surface area contributed by atoms with Crippen LogP contribution in [0.25, 0.3) is 6.08 Å². The van der Waals surface area contributed by atoms with Gasteiger partial charge in [0.05, 0.1) is 0 Å². The molecule has 2 nitrogen and oxygen atoms in total. The molecule has 0 aliphatic heterocycles. The molecule has 0 aromatic heterocycles. The quantitative estimate of drug-likeness (QED) is 0.845. The molecule has 0 bridgehead atoms. The molecule has 0 radical (unpaired) electrons. The lowest BCUT2D eigenvalue weighted by molar-refractivity contribution is -0.114. The summed E-state index contributed by atoms with van der Waals surface area (Å²) < 4.78 is 0. The Kier molecular flexibility index (Phi) is 4.57. The molecule has 2 rings (SSSR count). The van der Waals surface area contributed by atoms with E-state index in [-0.39, 0.29) is 5.91 Å². The molecule has 1 amide bonds. The number of hydrogen-bond donors (Lipinski definition) is 1. The molecular weight excluding hydrogens is 222 g/mol. The van der Waals surface area contributed by atoms with Gasteiger partial charge in [-0.05, 0) is 30.4 Å². The number of nitrogens with one attached hydrogen (secondary N) is 1. The molecule has 0 spiro atoms. The van der Waals surface area contributed by atoms with E-state index in [9.17, 15) is 4.79 Å². The minimum atomic E-state index is -0.0199. The van der Waals surface area contributed by atoms with Crippen molar-refractivity contribution in [2.24, 2.45) is 5.92 Å². The van der Waals surface area contributed by atoms with E-state index in [1.807, 2.05) is 24.3 Å². The number of allylic oxidation sites excluding steroid dienone is 1. The van der Waals surface area contributed by atoms with Crippen LogP contribution in [0.5, 0.6) is 0 Å². The fraction of sp³-hybridized carbons (Fsp3) is 0.438. The molecule has 1 saturated carbocycles. The standard InChI is InChI=1S/C16H21NO/c1-13(18)17-16-10-6-5-9-15(16)12-11-14-7-3-2-4-8-14/h5-6,9-12,14H,2-4,7-8H2,1H3,(H,17,18)/b12-11+. The molecule has 1 aromatic carbocycles. The number of carbonyl (C=O) groups is 1. The summed E-state index contributed by atoms with van der Waals surface area (Å²) >= 11 is 0. The van der Waals surface area contributed by atoms with Crippen LogP contribution in [0.1, 0.15) is 44.6 Å². The number of rotatable bonds is 3. The maximum absolute atomic E-state index is 11.1. The van der Waals surface area contributed by atoms with Crippen molar-refractivity contribution in [3.63, 3.8) is 0 Å². The van der Waals surface area contributed by atoms with E-state index in [4.69, 9.17) is 0 Å². The molecule has 0 atom stereocenters. The van der Waals surface area contributed by atoms with Gasteiger partial charge in [-0.3, -0.25) is 4.79 Å². The van der Waals surface area contributed by atoms with Gasteiger partial charge in [0.2, 0.25) is 5.91 Å². The van der Waals surface area contributed by atoms with Gasteiger partial charge >= 0.3 is 0 Å². The van der Waals surface area contributed by atoms with Crippen LogP contribution in [0.2, 0.25) is 0 Å². The molecule has 1 aliphatic carbocycles. The van der Waals surface area contributed by atoms with Gasteiger partial charge in [-0.15, -0.1) is 0 Å². The van der Waals surface area contributed by atoms with E-state index in [0.29, 0.717) is 5.92 Å². The van der Waals surface area contributed by atoms with Crippen LogP contribution in [0, 0.1) is 5.92 Å². The molecule has 0 heterocycles. The SMILES string of the molecule is CC(=O)Nc1ccccc1/C=C/C1CCCCC1. The third-order valence-electron chi connectivity index (χ3n) is 3.47. The lowest BCUT2D eigenvalue weighted by Gasteiger charge is -2.17. The Labute approximate surface area is 109 Å². The summed E-state index contributed by atoms with van der Waals surface area (Å²) in [6.07, 6.45) is 11.1. The summed E-state index contributed by atoms with van der Waals surface area (Å²) in [7, 11) is 0. The molecule has 1 aliphatic rings. The number of carbonyl (C=O) groups excluding carboxylic acids is 1. The molecule has 1 N–H and O–H groups in total. The van der Waals surface area contributed by atoms with E-state index in [0.717, 1.165) is 11.3 Å². The highest BCUT2D eigenvalue weighted by molar-refractivity contribution is 5.91. The topological polar surface area (TPSA) is 29.1 Å². The van der Waals surface area contributed by atoms with Gasteiger partial charge in [0.25, 0.3) is 0 Å². The van der Waals surface area contributed by atoms with Crippen LogP contribution in [0.4, 0.5) is 5.69 Å². The van der Waals surface area contributed by atoms with Gasteiger partial charge in [-0.25, -0.2) is 0 Å². The van der Waals surface area contributed by atoms with Crippen molar-refractivity contribution in [3.8, 4) is 0 Å². The van der Waals surface area contributed by atoms with Crippen LogP contribution in [-0.2, 0) is 4.79 Å². The Morgan fingerprint density at radius 3 is 2.67 bits per heavy atom. The first-order valence-corrected chi connectivity index (χ1v) is 6.80. The molecule has 1 aromatic rings. The zero-order valence-corrected chi connectivity index (χ0v) is 11.0. The van der Waals surface area contributed by atoms with Gasteiger partial charge < -0.3 is 5.32 Å². The molecule has 0 unspecified atom stereocenters. The molecule has 96 valence electrons. The van der Waals surface area contributed by atoms with Crippen molar-refractivity contribution >= 4 is 17.7 Å². The fourth-order valence-electron chi connectivity index (χ4n) is 2.51. The predicted octanol–water partition coefficient (Wildman–Crippen LogP) is 4.24. The Morgan fingerprint density at radius 1 is 1.22 bits per heavy atom. The average molecular weight is 243 g/mol. The van der Waals surface area contributed by atoms with Gasteiger partial charge in [0.15, 0.2) is 0 Å². The van der Waals surface area contributed by atoms with Crippen LogP contribution in [0.15, 0.2) is 30.3 Å². The van der Waals surface area contributed by atoms with Crippen LogP contribution >= 0.6 is 0 Å². The monoisotopic (exact) mass is 243 g/mol. The lowest BCUT2D eigenvalue weighted by Crippen LogP contribution is -2.07. The first-order chi connectivity index (χ1) is 8.75. The smallest absolute Gasteiger partial charge is 0.221 e. The van der Waals surface area contributed by atoms with E-state index in [1.165, 1.54) is 32.1 Å². The van der Waals surface area contributed by atoms with Crippen molar-refractivity contribution in [1.82, 2.24) is 0 Å². The predicted molar refractivity (Wildman–Crippen MR) is 76.4 cm³/mol. The largest absolute Gasteiger partial charge is 0.326 e. The minimum Gasteiger partial charge on any atom is -0.326 e. The van der Waals surface area contributed by atoms with Crippen molar-refractivity contribution < 1.29 is 4.79 Å². The Balaban J connectivity index is 2.07. The van der Waals surface area contributed by atoms with E-state index in [2.05, 4.69) is 17.5 Å². The van der Waals surface area contributed by atoms with Crippen molar-refractivity contribution in [2.45, 2.75) is 39.0 Å². The van der Waals surface area contributed by atoms with Gasteiger partial charge in [-0.2, -0.15) is 0 Å². The van der Waals surface area contributed by atoms with E-state index in [1.54, 1.807) is 6.92 Å². The zero-order valence-electron chi connectivity index (χ0n) is 11.0. The third-order valence-corrected chi connectivity index (χ3v) is 3.47. The van der Waals surface area contributed by atoms with Gasteiger partial charge in [0, 0.05) is 12.6 Å². The summed E-state index contributed by atoms with van der Waals surface area (Å²) in [6, 6.07) is 7.95. The second kappa shape index (κ2) is 6.39. The van der Waals surface area contributed by atoms with Gasteiger partial charge in [-0.1, -0.05) is 49.6 Å². The van der Waals surface area contributed by atoms with Crippen LogP contribution in [-0.4, -0.2) is 5.91 Å². The number of amides is 1. The van der Waals surface area contributed by atoms with Gasteiger partial charge in [0.1, 0.15) is 0 Å². The Hall–Kier alpha value is -1.57. The third kappa shape index (κ3) is 3.73. The second-order valence-corrected chi connectivity index (χ2v) is 5.03. The summed E-state index contributed by atoms with van der Waals surface area (Å²) in [5, 5.41) is 2.87. The summed E-state index contributed by atoms with van der Waals surface area (Å²) in [5.74, 6) is 0.692. The molecule has 2 heteroatoms. The fourth-order valence-corrected chi connectivity index (χ4v) is 2.51. The highest BCUT2D eigenvalue weighted by Gasteiger charge is 2.10. The lowest BCUT2D eigenvalue weighted by atomic mass is 9.88. The summed E-state index contributed by atoms with van der Waals surface area (Å²) in [6.45, 7) is 1.54. The van der Waals surface area contributed by atoms with E-state index < -0.39 is 0 Å². The first kappa shape index (κ1) is 12.9. The van der Waals surface area contributed by atoms with Crippen molar-refractivity contribution in [1.29, 1.82) is 0 Å². The van der Waals surface area contributed by atoms with Crippen LogP contribution in [0.3, 0.4) is 0 Å². The normalized spacial score (nSPS) is 16.9. The highest BCUT2D eigenvalue weighted by atomic mass is 16.1. The maximum atomic E-state index is 11.1. The molecule has 1 fully saturated rings. The number of benzene rings is 1. The number of hydrogen-bond acceptors (Lipinski definition) is 1. The average Bonchev–Trinajstić information content (AvgIpc) is 2.38.